The minimum Gasteiger partial charge on any atom is -0.439 e. The van der Waals surface area contributed by atoms with Gasteiger partial charge in [-0.25, -0.2) is 9.37 Å². The van der Waals surface area contributed by atoms with Gasteiger partial charge in [0, 0.05) is 12.1 Å². The van der Waals surface area contributed by atoms with E-state index in [4.69, 9.17) is 10.00 Å². The molecule has 0 unspecified atom stereocenters. The molecule has 0 aliphatic heterocycles. The zero-order chi connectivity index (χ0) is 11.4. The first-order valence-electron chi connectivity index (χ1n) is 4.58. The van der Waals surface area contributed by atoms with Crippen LogP contribution in [0.1, 0.15) is 5.69 Å². The Morgan fingerprint density at radius 2 is 2.00 bits per heavy atom. The Morgan fingerprint density at radius 3 is 2.75 bits per heavy atom. The van der Waals surface area contributed by atoms with Crippen molar-refractivity contribution in [2.75, 3.05) is 0 Å². The molecule has 0 saturated heterocycles. The summed E-state index contributed by atoms with van der Waals surface area (Å²) in [6.07, 6.45) is 0. The minimum absolute atomic E-state index is 0.258. The molecule has 0 radical (unpaired) electrons. The van der Waals surface area contributed by atoms with E-state index in [0.717, 1.165) is 0 Å². The van der Waals surface area contributed by atoms with Gasteiger partial charge in [-0.1, -0.05) is 12.1 Å². The maximum Gasteiger partial charge on any atom is 0.220 e. The molecule has 78 valence electrons. The highest BCUT2D eigenvalue weighted by Crippen LogP contribution is 2.19. The second-order valence-electron chi connectivity index (χ2n) is 3.03. The van der Waals surface area contributed by atoms with Gasteiger partial charge in [0.05, 0.1) is 0 Å². The molecule has 0 fully saturated rings. The van der Waals surface area contributed by atoms with Crippen LogP contribution < -0.4 is 4.74 Å². The second-order valence-corrected chi connectivity index (χ2v) is 3.03. The topological polar surface area (TPSA) is 45.9 Å². The van der Waals surface area contributed by atoms with Crippen molar-refractivity contribution in [3.8, 4) is 17.7 Å². The van der Waals surface area contributed by atoms with Crippen molar-refractivity contribution in [3.05, 3.63) is 54.0 Å². The number of rotatable bonds is 2. The summed E-state index contributed by atoms with van der Waals surface area (Å²) in [5.74, 6) is 0.237. The van der Waals surface area contributed by atoms with Crippen LogP contribution in [-0.4, -0.2) is 4.98 Å². The van der Waals surface area contributed by atoms with Crippen molar-refractivity contribution in [1.29, 1.82) is 5.26 Å². The number of nitriles is 1. The zero-order valence-electron chi connectivity index (χ0n) is 8.22. The van der Waals surface area contributed by atoms with E-state index in [0.29, 0.717) is 5.75 Å². The lowest BCUT2D eigenvalue weighted by Crippen LogP contribution is -1.90. The fourth-order valence-corrected chi connectivity index (χ4v) is 1.19. The van der Waals surface area contributed by atoms with Crippen LogP contribution in [0.3, 0.4) is 0 Å². The predicted octanol–water partition coefficient (Wildman–Crippen LogP) is 2.88. The maximum absolute atomic E-state index is 12.9. The lowest BCUT2D eigenvalue weighted by Gasteiger charge is -2.04. The Bertz CT molecular complexity index is 549. The molecular weight excluding hydrogens is 207 g/mol. The molecule has 4 heteroatoms. The Labute approximate surface area is 91.7 Å². The molecule has 1 heterocycles. The van der Waals surface area contributed by atoms with Gasteiger partial charge in [0.1, 0.15) is 23.3 Å². The lowest BCUT2D eigenvalue weighted by atomic mass is 10.3. The van der Waals surface area contributed by atoms with Crippen molar-refractivity contribution in [2.24, 2.45) is 0 Å². The molecule has 0 amide bonds. The van der Waals surface area contributed by atoms with Crippen LogP contribution in [0.4, 0.5) is 4.39 Å². The normalized spacial score (nSPS) is 9.50. The smallest absolute Gasteiger partial charge is 0.220 e. The summed E-state index contributed by atoms with van der Waals surface area (Å²) in [6, 6.07) is 12.5. The molecule has 0 bridgehead atoms. The zero-order valence-corrected chi connectivity index (χ0v) is 8.22. The standard InChI is InChI=1S/C12H7FN2O/c13-9-3-1-5-11(7-9)16-12-6-2-4-10(8-14)15-12/h1-7H. The first kappa shape index (κ1) is 10.1. The quantitative estimate of drug-likeness (QED) is 0.772. The summed E-state index contributed by atoms with van der Waals surface area (Å²) in [5, 5.41) is 8.64. The van der Waals surface area contributed by atoms with Gasteiger partial charge >= 0.3 is 0 Å². The van der Waals surface area contributed by atoms with E-state index >= 15 is 0 Å². The third-order valence-corrected chi connectivity index (χ3v) is 1.86. The van der Waals surface area contributed by atoms with Crippen LogP contribution in [0, 0.1) is 17.1 Å². The van der Waals surface area contributed by atoms with Gasteiger partial charge in [0.25, 0.3) is 0 Å². The van der Waals surface area contributed by atoms with Crippen LogP contribution in [0.2, 0.25) is 0 Å². The minimum atomic E-state index is -0.381. The average Bonchev–Trinajstić information content (AvgIpc) is 2.29. The van der Waals surface area contributed by atoms with E-state index in [2.05, 4.69) is 4.98 Å². The Balaban J connectivity index is 2.24. The van der Waals surface area contributed by atoms with Gasteiger partial charge in [0.2, 0.25) is 5.88 Å². The summed E-state index contributed by atoms with van der Waals surface area (Å²) in [5.41, 5.74) is 0.258. The Hall–Kier alpha value is -2.41. The van der Waals surface area contributed by atoms with Crippen molar-refractivity contribution < 1.29 is 9.13 Å². The van der Waals surface area contributed by atoms with E-state index in [-0.39, 0.29) is 17.4 Å². The number of hydrogen-bond acceptors (Lipinski definition) is 3. The highest BCUT2D eigenvalue weighted by Gasteiger charge is 2.00. The Morgan fingerprint density at radius 1 is 1.19 bits per heavy atom. The molecule has 0 aliphatic carbocycles. The number of aromatic nitrogens is 1. The first-order valence-corrected chi connectivity index (χ1v) is 4.58. The monoisotopic (exact) mass is 214 g/mol. The number of pyridine rings is 1. The summed E-state index contributed by atoms with van der Waals surface area (Å²) in [7, 11) is 0. The average molecular weight is 214 g/mol. The fourth-order valence-electron chi connectivity index (χ4n) is 1.19. The highest BCUT2D eigenvalue weighted by atomic mass is 19.1. The molecule has 3 nitrogen and oxygen atoms in total. The van der Waals surface area contributed by atoms with Crippen molar-refractivity contribution in [2.45, 2.75) is 0 Å². The van der Waals surface area contributed by atoms with Crippen LogP contribution in [0.15, 0.2) is 42.5 Å². The van der Waals surface area contributed by atoms with Gasteiger partial charge in [-0.15, -0.1) is 0 Å². The van der Waals surface area contributed by atoms with Gasteiger partial charge in [-0.05, 0) is 18.2 Å². The van der Waals surface area contributed by atoms with Gasteiger partial charge in [0.15, 0.2) is 0 Å². The van der Waals surface area contributed by atoms with Crippen LogP contribution in [0.25, 0.3) is 0 Å². The second kappa shape index (κ2) is 4.41. The fraction of sp³-hybridized carbons (Fsp3) is 0. The van der Waals surface area contributed by atoms with E-state index < -0.39 is 0 Å². The van der Waals surface area contributed by atoms with Crippen molar-refractivity contribution >= 4 is 0 Å². The summed E-state index contributed by atoms with van der Waals surface area (Å²) in [4.78, 5) is 3.91. The third-order valence-electron chi connectivity index (χ3n) is 1.86. The first-order chi connectivity index (χ1) is 7.78. The number of hydrogen-bond donors (Lipinski definition) is 0. The van der Waals surface area contributed by atoms with E-state index in [9.17, 15) is 4.39 Å². The number of ether oxygens (including phenoxy) is 1. The molecule has 1 aromatic carbocycles. The molecule has 2 rings (SSSR count). The molecule has 0 spiro atoms. The van der Waals surface area contributed by atoms with Gasteiger partial charge < -0.3 is 4.74 Å². The van der Waals surface area contributed by atoms with E-state index in [1.165, 1.54) is 12.1 Å². The van der Waals surface area contributed by atoms with Crippen LogP contribution in [0.5, 0.6) is 11.6 Å². The molecule has 0 N–H and O–H groups in total. The van der Waals surface area contributed by atoms with Crippen molar-refractivity contribution in [1.82, 2.24) is 4.98 Å². The Kier molecular flexibility index (Phi) is 2.79. The SMILES string of the molecule is N#Cc1cccc(Oc2cccc(F)c2)n1. The van der Waals surface area contributed by atoms with Crippen LogP contribution >= 0.6 is 0 Å². The third kappa shape index (κ3) is 2.34. The predicted molar refractivity (Wildman–Crippen MR) is 55.4 cm³/mol. The van der Waals surface area contributed by atoms with Crippen LogP contribution in [-0.2, 0) is 0 Å². The summed E-state index contributed by atoms with van der Waals surface area (Å²) < 4.78 is 18.2. The summed E-state index contributed by atoms with van der Waals surface area (Å²) >= 11 is 0. The highest BCUT2D eigenvalue weighted by molar-refractivity contribution is 5.30. The maximum atomic E-state index is 12.9. The number of halogens is 1. The number of nitrogens with zero attached hydrogens (tertiary/aromatic N) is 2. The van der Waals surface area contributed by atoms with E-state index in [1.807, 2.05) is 6.07 Å². The largest absolute Gasteiger partial charge is 0.439 e. The number of benzene rings is 1. The molecule has 16 heavy (non-hydrogen) atoms. The van der Waals surface area contributed by atoms with Crippen molar-refractivity contribution in [3.63, 3.8) is 0 Å². The molecule has 2 aromatic rings. The molecular formula is C12H7FN2O. The van der Waals surface area contributed by atoms with Gasteiger partial charge in [-0.2, -0.15) is 5.26 Å². The molecule has 0 atom stereocenters. The molecule has 0 saturated carbocycles. The molecule has 1 aromatic heterocycles. The van der Waals surface area contributed by atoms with E-state index in [1.54, 1.807) is 30.3 Å². The van der Waals surface area contributed by atoms with Gasteiger partial charge in [-0.3, -0.25) is 0 Å². The lowest BCUT2D eigenvalue weighted by molar-refractivity contribution is 0.457. The summed E-state index contributed by atoms with van der Waals surface area (Å²) in [6.45, 7) is 0. The molecule has 0 aliphatic rings.